The molecule has 0 aliphatic carbocycles. The first-order chi connectivity index (χ1) is 8.63. The number of ether oxygens (including phenoxy) is 1. The summed E-state index contributed by atoms with van der Waals surface area (Å²) >= 11 is 6.15. The summed E-state index contributed by atoms with van der Waals surface area (Å²) < 4.78 is 6.06. The lowest BCUT2D eigenvalue weighted by atomic mass is 10.0. The SMILES string of the molecule is CN1[C@@H]2CC[C@H]1C[C@H](Oc1ccc(N)cc1Cl)C2. The van der Waals surface area contributed by atoms with Crippen molar-refractivity contribution in [1.29, 1.82) is 0 Å². The van der Waals surface area contributed by atoms with Gasteiger partial charge in [0.25, 0.3) is 0 Å². The van der Waals surface area contributed by atoms with E-state index in [0.29, 0.717) is 28.9 Å². The number of hydrogen-bond acceptors (Lipinski definition) is 3. The summed E-state index contributed by atoms with van der Waals surface area (Å²) in [6.45, 7) is 0. The van der Waals surface area contributed by atoms with Crippen LogP contribution in [0.3, 0.4) is 0 Å². The van der Waals surface area contributed by atoms with Crippen molar-refractivity contribution in [2.45, 2.75) is 43.9 Å². The van der Waals surface area contributed by atoms with Crippen molar-refractivity contribution in [3.63, 3.8) is 0 Å². The highest BCUT2D eigenvalue weighted by Gasteiger charge is 2.39. The van der Waals surface area contributed by atoms with Gasteiger partial charge in [-0.15, -0.1) is 0 Å². The molecule has 4 heteroatoms. The molecule has 0 amide bonds. The molecule has 2 heterocycles. The van der Waals surface area contributed by atoms with E-state index < -0.39 is 0 Å². The zero-order valence-corrected chi connectivity index (χ0v) is 11.4. The quantitative estimate of drug-likeness (QED) is 0.837. The van der Waals surface area contributed by atoms with Gasteiger partial charge >= 0.3 is 0 Å². The first-order valence-corrected chi connectivity index (χ1v) is 6.95. The average molecular weight is 267 g/mol. The van der Waals surface area contributed by atoms with Crippen molar-refractivity contribution in [1.82, 2.24) is 4.90 Å². The van der Waals surface area contributed by atoms with Gasteiger partial charge in [-0.2, -0.15) is 0 Å². The van der Waals surface area contributed by atoms with Crippen molar-refractivity contribution in [2.75, 3.05) is 12.8 Å². The number of nitrogens with two attached hydrogens (primary N) is 1. The fourth-order valence-corrected chi connectivity index (χ4v) is 3.48. The third-order valence-electron chi connectivity index (χ3n) is 4.30. The molecule has 18 heavy (non-hydrogen) atoms. The van der Waals surface area contributed by atoms with Crippen molar-refractivity contribution in [3.8, 4) is 5.75 Å². The minimum Gasteiger partial charge on any atom is -0.489 e. The van der Waals surface area contributed by atoms with E-state index in [0.717, 1.165) is 18.6 Å². The van der Waals surface area contributed by atoms with E-state index >= 15 is 0 Å². The number of nitrogen functional groups attached to an aromatic ring is 1. The van der Waals surface area contributed by atoms with Crippen molar-refractivity contribution < 1.29 is 4.74 Å². The Morgan fingerprint density at radius 3 is 2.56 bits per heavy atom. The molecule has 3 rings (SSSR count). The Morgan fingerprint density at radius 2 is 1.94 bits per heavy atom. The largest absolute Gasteiger partial charge is 0.489 e. The Hall–Kier alpha value is -0.930. The van der Waals surface area contributed by atoms with Gasteiger partial charge in [0.2, 0.25) is 0 Å². The number of anilines is 1. The number of fused-ring (bicyclic) bond motifs is 2. The smallest absolute Gasteiger partial charge is 0.138 e. The number of halogens is 1. The lowest BCUT2D eigenvalue weighted by Gasteiger charge is -2.36. The van der Waals surface area contributed by atoms with E-state index in [1.165, 1.54) is 12.8 Å². The van der Waals surface area contributed by atoms with Crippen molar-refractivity contribution in [3.05, 3.63) is 23.2 Å². The van der Waals surface area contributed by atoms with Crippen LogP contribution in [-0.2, 0) is 0 Å². The standard InChI is InChI=1S/C14H19ClN2O/c1-17-10-3-4-11(17)8-12(7-10)18-14-5-2-9(16)6-13(14)15/h2,5-6,10-12H,3-4,7-8,16H2,1H3/t10-,11+,12-. The first-order valence-electron chi connectivity index (χ1n) is 6.57. The Balaban J connectivity index is 1.70. The number of hydrogen-bond donors (Lipinski definition) is 1. The van der Waals surface area contributed by atoms with Gasteiger partial charge in [-0.1, -0.05) is 11.6 Å². The molecule has 0 spiro atoms. The summed E-state index contributed by atoms with van der Waals surface area (Å²) in [4.78, 5) is 2.50. The average Bonchev–Trinajstić information content (AvgIpc) is 2.57. The van der Waals surface area contributed by atoms with Crippen LogP contribution in [0, 0.1) is 0 Å². The molecule has 0 unspecified atom stereocenters. The Morgan fingerprint density at radius 1 is 1.28 bits per heavy atom. The molecule has 1 aromatic rings. The highest BCUT2D eigenvalue weighted by molar-refractivity contribution is 6.32. The number of piperidine rings is 1. The number of nitrogens with zero attached hydrogens (tertiary/aromatic N) is 1. The van der Waals surface area contributed by atoms with E-state index in [-0.39, 0.29) is 0 Å². The van der Waals surface area contributed by atoms with Crippen LogP contribution < -0.4 is 10.5 Å². The van der Waals surface area contributed by atoms with Crippen LogP contribution in [0.1, 0.15) is 25.7 Å². The van der Waals surface area contributed by atoms with Gasteiger partial charge in [0, 0.05) is 17.8 Å². The van der Waals surface area contributed by atoms with Gasteiger partial charge in [-0.05, 0) is 50.9 Å². The van der Waals surface area contributed by atoms with E-state index in [9.17, 15) is 0 Å². The lowest BCUT2D eigenvalue weighted by molar-refractivity contribution is 0.0662. The molecule has 2 bridgehead atoms. The van der Waals surface area contributed by atoms with E-state index in [4.69, 9.17) is 22.1 Å². The van der Waals surface area contributed by atoms with Crippen molar-refractivity contribution >= 4 is 17.3 Å². The summed E-state index contributed by atoms with van der Waals surface area (Å²) in [5.41, 5.74) is 6.36. The summed E-state index contributed by atoms with van der Waals surface area (Å²) in [6, 6.07) is 6.82. The third kappa shape index (κ3) is 2.17. The highest BCUT2D eigenvalue weighted by atomic mass is 35.5. The van der Waals surface area contributed by atoms with E-state index in [2.05, 4.69) is 11.9 Å². The fourth-order valence-electron chi connectivity index (χ4n) is 3.25. The van der Waals surface area contributed by atoms with Crippen LogP contribution in [0.15, 0.2) is 18.2 Å². The van der Waals surface area contributed by atoms with Gasteiger partial charge in [0.1, 0.15) is 11.9 Å². The molecule has 2 saturated heterocycles. The molecule has 2 fully saturated rings. The van der Waals surface area contributed by atoms with Gasteiger partial charge < -0.3 is 15.4 Å². The summed E-state index contributed by atoms with van der Waals surface area (Å²) in [5, 5.41) is 0.612. The van der Waals surface area contributed by atoms with Crippen LogP contribution in [0.2, 0.25) is 5.02 Å². The predicted octanol–water partition coefficient (Wildman–Crippen LogP) is 2.93. The van der Waals surface area contributed by atoms with Crippen LogP contribution in [0.5, 0.6) is 5.75 Å². The second-order valence-corrected chi connectivity index (χ2v) is 5.86. The normalized spacial score (nSPS) is 31.6. The molecule has 3 nitrogen and oxygen atoms in total. The number of benzene rings is 1. The lowest BCUT2D eigenvalue weighted by Crippen LogP contribution is -2.43. The van der Waals surface area contributed by atoms with Gasteiger partial charge in [0.15, 0.2) is 0 Å². The Labute approximate surface area is 113 Å². The maximum absolute atomic E-state index is 6.15. The molecule has 2 aliphatic rings. The molecular weight excluding hydrogens is 248 g/mol. The molecule has 0 saturated carbocycles. The molecule has 3 atom stereocenters. The molecule has 98 valence electrons. The van der Waals surface area contributed by atoms with Crippen LogP contribution >= 0.6 is 11.6 Å². The maximum atomic E-state index is 6.15. The van der Waals surface area contributed by atoms with Gasteiger partial charge in [0.05, 0.1) is 5.02 Å². The molecule has 0 aromatic heterocycles. The molecular formula is C14H19ClN2O. The zero-order valence-electron chi connectivity index (χ0n) is 10.6. The second-order valence-electron chi connectivity index (χ2n) is 5.45. The highest BCUT2D eigenvalue weighted by Crippen LogP contribution is 2.37. The van der Waals surface area contributed by atoms with Crippen LogP contribution in [0.25, 0.3) is 0 Å². The maximum Gasteiger partial charge on any atom is 0.138 e. The second kappa shape index (κ2) is 4.63. The molecule has 2 aliphatic heterocycles. The third-order valence-corrected chi connectivity index (χ3v) is 4.60. The Kier molecular flexibility index (Phi) is 3.12. The van der Waals surface area contributed by atoms with Crippen molar-refractivity contribution in [2.24, 2.45) is 0 Å². The summed E-state index contributed by atoms with van der Waals surface area (Å²) in [7, 11) is 2.23. The first kappa shape index (κ1) is 12.1. The monoisotopic (exact) mass is 266 g/mol. The fraction of sp³-hybridized carbons (Fsp3) is 0.571. The van der Waals surface area contributed by atoms with Crippen LogP contribution in [-0.4, -0.2) is 30.1 Å². The zero-order chi connectivity index (χ0) is 12.7. The van der Waals surface area contributed by atoms with Gasteiger partial charge in [-0.3, -0.25) is 0 Å². The number of rotatable bonds is 2. The topological polar surface area (TPSA) is 38.5 Å². The summed E-state index contributed by atoms with van der Waals surface area (Å²) in [6.07, 6.45) is 5.11. The predicted molar refractivity (Wildman–Crippen MR) is 74.1 cm³/mol. The molecule has 1 aromatic carbocycles. The molecule has 0 radical (unpaired) electrons. The van der Waals surface area contributed by atoms with Crippen LogP contribution in [0.4, 0.5) is 5.69 Å². The van der Waals surface area contributed by atoms with E-state index in [1.54, 1.807) is 6.07 Å². The minimum absolute atomic E-state index is 0.292. The van der Waals surface area contributed by atoms with E-state index in [1.807, 2.05) is 12.1 Å². The molecule has 2 N–H and O–H groups in total. The minimum atomic E-state index is 0.292. The summed E-state index contributed by atoms with van der Waals surface area (Å²) in [5.74, 6) is 0.764. The Bertz CT molecular complexity index is 437. The van der Waals surface area contributed by atoms with Gasteiger partial charge in [-0.25, -0.2) is 0 Å².